The van der Waals surface area contributed by atoms with E-state index in [2.05, 4.69) is 0 Å². The number of hydrogen-bond acceptors (Lipinski definition) is 0. The number of halogens is 1. The maximum atomic E-state index is 1.64. The van der Waals surface area contributed by atoms with Gasteiger partial charge in [-0.25, -0.2) is 0 Å². The highest BCUT2D eigenvalue weighted by Gasteiger charge is 1.96. The lowest BCUT2D eigenvalue weighted by Gasteiger charge is -2.04. The smallest absolute Gasteiger partial charge is 0.0197 e. The molecule has 44 valence electrons. The van der Waals surface area contributed by atoms with Crippen molar-refractivity contribution in [3.63, 3.8) is 0 Å². The maximum Gasteiger partial charge on any atom is 0.0197 e. The fourth-order valence-electron chi connectivity index (χ4n) is 1.06. The van der Waals surface area contributed by atoms with Crippen LogP contribution in [0, 0.1) is 0 Å². The molecule has 0 unspecified atom stereocenters. The van der Waals surface area contributed by atoms with Crippen LogP contribution in [0.2, 0.25) is 12.1 Å². The molecular weight excluding hydrogens is 124 g/mol. The molecule has 0 atom stereocenters. The minimum Gasteiger partial charge on any atom is -0.147 e. The summed E-state index contributed by atoms with van der Waals surface area (Å²) in [4.78, 5) is 0. The topological polar surface area (TPSA) is 0 Å². The molecule has 1 saturated heterocycles. The van der Waals surface area contributed by atoms with E-state index in [0.717, 1.165) is 0 Å². The number of hydrogen-bond donors (Lipinski definition) is 0. The van der Waals surface area contributed by atoms with Gasteiger partial charge in [0, 0.05) is 9.52 Å². The summed E-state index contributed by atoms with van der Waals surface area (Å²) in [6.07, 6.45) is 4.66. The van der Waals surface area contributed by atoms with Crippen LogP contribution in [0.1, 0.15) is 19.3 Å². The highest BCUT2D eigenvalue weighted by Crippen LogP contribution is 2.10. The zero-order valence-electron chi connectivity index (χ0n) is 4.65. The van der Waals surface area contributed by atoms with Crippen molar-refractivity contribution in [3.05, 3.63) is 0 Å². The molecule has 1 aliphatic heterocycles. The Morgan fingerprint density at radius 1 is 0.857 bits per heavy atom. The van der Waals surface area contributed by atoms with Gasteiger partial charge in [-0.15, -0.1) is 12.4 Å². The Balaban J connectivity index is 0.000000360. The molecule has 0 aromatic carbocycles. The maximum absolute atomic E-state index is 1.64. The first-order valence-electron chi connectivity index (χ1n) is 3.00. The van der Waals surface area contributed by atoms with Crippen LogP contribution in [-0.2, 0) is 0 Å². The van der Waals surface area contributed by atoms with E-state index in [1.807, 2.05) is 0 Å². The van der Waals surface area contributed by atoms with Crippen LogP contribution in [0.5, 0.6) is 0 Å². The largest absolute Gasteiger partial charge is 0.147 e. The molecule has 0 saturated carbocycles. The van der Waals surface area contributed by atoms with E-state index in [0.29, 0.717) is 9.52 Å². The summed E-state index contributed by atoms with van der Waals surface area (Å²) in [6.45, 7) is 0. The van der Waals surface area contributed by atoms with Crippen LogP contribution in [0.15, 0.2) is 0 Å². The minimum atomic E-state index is 0. The molecule has 0 bridgehead atoms. The van der Waals surface area contributed by atoms with Crippen LogP contribution in [0.25, 0.3) is 0 Å². The fraction of sp³-hybridized carbons (Fsp3) is 1.00. The van der Waals surface area contributed by atoms with Crippen molar-refractivity contribution in [3.8, 4) is 0 Å². The lowest BCUT2D eigenvalue weighted by Crippen LogP contribution is -1.94. The van der Waals surface area contributed by atoms with E-state index in [-0.39, 0.29) is 12.4 Å². The van der Waals surface area contributed by atoms with Gasteiger partial charge in [-0.2, -0.15) is 0 Å². The third-order valence-electron chi connectivity index (χ3n) is 1.50. The summed E-state index contributed by atoms with van der Waals surface area (Å²) in [5.41, 5.74) is 0. The molecule has 1 aliphatic rings. The van der Waals surface area contributed by atoms with Gasteiger partial charge >= 0.3 is 0 Å². The first kappa shape index (κ1) is 7.51. The highest BCUT2D eigenvalue weighted by atomic mass is 35.5. The Hall–Kier alpha value is 0.507. The highest BCUT2D eigenvalue weighted by molar-refractivity contribution is 6.35. The standard InChI is InChI=1S/C5H12Si.ClH/c1-2-4-6-5-3-1;/h1-6H2;1H. The van der Waals surface area contributed by atoms with Gasteiger partial charge in [0.1, 0.15) is 0 Å². The van der Waals surface area contributed by atoms with E-state index in [9.17, 15) is 0 Å². The van der Waals surface area contributed by atoms with Crippen molar-refractivity contribution in [2.75, 3.05) is 0 Å². The third kappa shape index (κ3) is 3.12. The predicted molar refractivity (Wildman–Crippen MR) is 39.3 cm³/mol. The molecule has 1 rings (SSSR count). The molecule has 0 aromatic rings. The van der Waals surface area contributed by atoms with Gasteiger partial charge in [-0.1, -0.05) is 31.4 Å². The summed E-state index contributed by atoms with van der Waals surface area (Å²) in [5, 5.41) is 0. The Morgan fingerprint density at radius 2 is 1.43 bits per heavy atom. The SMILES string of the molecule is C1CC[SiH2]CC1.Cl. The zero-order valence-corrected chi connectivity index (χ0v) is 6.88. The van der Waals surface area contributed by atoms with Crippen molar-refractivity contribution in [2.45, 2.75) is 31.4 Å². The molecule has 1 heterocycles. The van der Waals surface area contributed by atoms with E-state index in [4.69, 9.17) is 0 Å². The molecule has 0 radical (unpaired) electrons. The molecule has 0 nitrogen and oxygen atoms in total. The Bertz CT molecular complexity index is 23.6. The summed E-state index contributed by atoms with van der Waals surface area (Å²) in [6, 6.07) is 3.28. The van der Waals surface area contributed by atoms with Crippen molar-refractivity contribution in [2.24, 2.45) is 0 Å². The lowest BCUT2D eigenvalue weighted by molar-refractivity contribution is 0.734. The lowest BCUT2D eigenvalue weighted by atomic mass is 10.3. The third-order valence-corrected chi connectivity index (χ3v) is 3.50. The molecule has 0 aliphatic carbocycles. The Kier molecular flexibility index (Phi) is 5.00. The first-order valence-corrected chi connectivity index (χ1v) is 5.00. The second-order valence-corrected chi connectivity index (χ2v) is 4.24. The van der Waals surface area contributed by atoms with Crippen LogP contribution in [0.3, 0.4) is 0 Å². The summed E-state index contributed by atoms with van der Waals surface area (Å²) >= 11 is 0. The van der Waals surface area contributed by atoms with Gasteiger partial charge in [-0.05, 0) is 0 Å². The second-order valence-electron chi connectivity index (χ2n) is 2.12. The Labute approximate surface area is 53.9 Å². The van der Waals surface area contributed by atoms with E-state index in [1.54, 1.807) is 24.9 Å². The summed E-state index contributed by atoms with van der Waals surface area (Å²) < 4.78 is 0. The average Bonchev–Trinajstić information content (AvgIpc) is 1.72. The van der Waals surface area contributed by atoms with Crippen LogP contribution >= 0.6 is 12.4 Å². The van der Waals surface area contributed by atoms with Gasteiger partial charge in [-0.3, -0.25) is 0 Å². The van der Waals surface area contributed by atoms with E-state index < -0.39 is 0 Å². The molecular formula is C5H13ClSi. The normalized spacial score (nSPS) is 20.6. The first-order chi connectivity index (χ1) is 3.00. The Morgan fingerprint density at radius 3 is 1.57 bits per heavy atom. The van der Waals surface area contributed by atoms with Crippen molar-refractivity contribution in [1.82, 2.24) is 0 Å². The molecule has 0 N–H and O–H groups in total. The zero-order chi connectivity index (χ0) is 4.24. The van der Waals surface area contributed by atoms with Gasteiger partial charge in [0.2, 0.25) is 0 Å². The number of rotatable bonds is 0. The van der Waals surface area contributed by atoms with E-state index in [1.165, 1.54) is 6.42 Å². The van der Waals surface area contributed by atoms with Gasteiger partial charge < -0.3 is 0 Å². The molecule has 0 spiro atoms. The predicted octanol–water partition coefficient (Wildman–Crippen LogP) is 1.60. The quantitative estimate of drug-likeness (QED) is 0.444. The summed E-state index contributed by atoms with van der Waals surface area (Å²) in [5.74, 6) is 0. The van der Waals surface area contributed by atoms with Gasteiger partial charge in [0.25, 0.3) is 0 Å². The molecule has 7 heavy (non-hydrogen) atoms. The molecule has 0 amide bonds. The van der Waals surface area contributed by atoms with Crippen LogP contribution in [0.4, 0.5) is 0 Å². The fourth-order valence-corrected chi connectivity index (χ4v) is 2.83. The molecule has 0 aromatic heterocycles. The van der Waals surface area contributed by atoms with Crippen LogP contribution in [-0.4, -0.2) is 9.52 Å². The minimum absolute atomic E-state index is 0. The monoisotopic (exact) mass is 136 g/mol. The van der Waals surface area contributed by atoms with Gasteiger partial charge in [0.05, 0.1) is 0 Å². The van der Waals surface area contributed by atoms with E-state index >= 15 is 0 Å². The average molecular weight is 137 g/mol. The molecule has 1 fully saturated rings. The van der Waals surface area contributed by atoms with Crippen molar-refractivity contribution >= 4 is 21.9 Å². The van der Waals surface area contributed by atoms with Crippen LogP contribution < -0.4 is 0 Å². The molecule has 2 heteroatoms. The summed E-state index contributed by atoms with van der Waals surface area (Å²) in [7, 11) is 0.508. The van der Waals surface area contributed by atoms with Crippen molar-refractivity contribution in [1.29, 1.82) is 0 Å². The van der Waals surface area contributed by atoms with Gasteiger partial charge in [0.15, 0.2) is 0 Å². The second kappa shape index (κ2) is 4.66. The van der Waals surface area contributed by atoms with Crippen molar-refractivity contribution < 1.29 is 0 Å².